The summed E-state index contributed by atoms with van der Waals surface area (Å²) in [5.74, 6) is -6.73. The first-order chi connectivity index (χ1) is 17.1. The molecule has 3 atom stereocenters. The Morgan fingerprint density at radius 1 is 1.29 bits per heavy atom. The number of β-lactam (4-membered cyclic amide) rings is 1. The van der Waals surface area contributed by atoms with E-state index >= 15 is 0 Å². The van der Waals surface area contributed by atoms with Crippen LogP contribution in [0.2, 0.25) is 0 Å². The van der Waals surface area contributed by atoms with Crippen LogP contribution in [-0.2, 0) is 35.7 Å². The van der Waals surface area contributed by atoms with Gasteiger partial charge in [-0.05, 0) is 33.7 Å². The van der Waals surface area contributed by atoms with Crippen molar-refractivity contribution in [1.82, 2.24) is 30.4 Å². The molecule has 0 saturated carbocycles. The number of tetrazole rings is 1. The van der Waals surface area contributed by atoms with Crippen LogP contribution >= 0.6 is 11.8 Å². The van der Waals surface area contributed by atoms with Gasteiger partial charge in [0, 0.05) is 19.9 Å². The van der Waals surface area contributed by atoms with Gasteiger partial charge in [0.15, 0.2) is 12.1 Å². The number of methoxy groups -OCH3 is 1. The fraction of sp³-hybridized carbons (Fsp3) is 0.350. The third-order valence-corrected chi connectivity index (χ3v) is 6.73. The molecular weight excluding hydrogens is 546 g/mol. The van der Waals surface area contributed by atoms with E-state index in [1.807, 2.05) is 0 Å². The molecule has 2 aromatic rings. The molecule has 3 heterocycles. The molecule has 1 unspecified atom stereocenters. The largest absolute Gasteiger partial charge is 1.00 e. The number of benzene rings is 1. The van der Waals surface area contributed by atoms with Crippen molar-refractivity contribution in [3.63, 3.8) is 0 Å². The summed E-state index contributed by atoms with van der Waals surface area (Å²) in [5, 5.41) is 42.6. The zero-order valence-corrected chi connectivity index (χ0v) is 25.6. The molecule has 2 aliphatic rings. The first-order valence-corrected chi connectivity index (χ1v) is 11.2. The molecule has 38 heavy (non-hydrogen) atoms. The molecule has 1 saturated heterocycles. The molecule has 1 aromatic carbocycles. The maximum Gasteiger partial charge on any atom is 1.00 e. The van der Waals surface area contributed by atoms with Crippen molar-refractivity contribution in [2.75, 3.05) is 19.5 Å². The van der Waals surface area contributed by atoms with Crippen LogP contribution in [0.25, 0.3) is 0 Å². The molecule has 2 aliphatic heterocycles. The van der Waals surface area contributed by atoms with Gasteiger partial charge in [-0.25, -0.2) is 9.48 Å². The number of carboxylic acid groups (broad SMARTS) is 2. The Bertz CT molecular complexity index is 1290. The van der Waals surface area contributed by atoms with E-state index in [4.69, 9.17) is 9.47 Å². The molecule has 0 aliphatic carbocycles. The third-order valence-electron chi connectivity index (χ3n) is 5.64. The first-order valence-electron chi connectivity index (χ1n) is 10.2. The van der Waals surface area contributed by atoms with E-state index in [2.05, 4.69) is 20.8 Å². The molecule has 0 bridgehead atoms. The van der Waals surface area contributed by atoms with Crippen LogP contribution in [0.4, 0.5) is 0 Å². The van der Waals surface area contributed by atoms with E-state index in [1.165, 1.54) is 28.9 Å². The van der Waals surface area contributed by atoms with Crippen LogP contribution in [0.1, 0.15) is 14.3 Å². The molecule has 2 amide bonds. The van der Waals surface area contributed by atoms with E-state index in [0.717, 1.165) is 23.8 Å². The number of amides is 2. The summed E-state index contributed by atoms with van der Waals surface area (Å²) >= 11 is 1.14. The zero-order valence-electron chi connectivity index (χ0n) is 22.8. The molecule has 1 fully saturated rings. The molecule has 4 rings (SSSR count). The normalized spacial score (nSPS) is 20.8. The molecule has 0 radical (unpaired) electrons. The van der Waals surface area contributed by atoms with Gasteiger partial charge < -0.3 is 33.0 Å². The summed E-state index contributed by atoms with van der Waals surface area (Å²) in [6.07, 6.45) is -1.36. The Labute approximate surface area is 266 Å². The molecule has 15 nitrogen and oxygen atoms in total. The second-order valence-electron chi connectivity index (χ2n) is 7.76. The number of carbonyl (C=O) groups excluding carboxylic acids is 2. The minimum absolute atomic E-state index is 0. The van der Waals surface area contributed by atoms with Gasteiger partial charge in [-0.2, -0.15) is 0 Å². The average molecular weight is 568 g/mol. The Morgan fingerprint density at radius 2 is 1.95 bits per heavy atom. The van der Waals surface area contributed by atoms with Crippen molar-refractivity contribution in [2.24, 2.45) is 7.05 Å². The third kappa shape index (κ3) is 5.78. The van der Waals surface area contributed by atoms with Crippen molar-refractivity contribution >= 4 is 35.5 Å². The van der Waals surface area contributed by atoms with Crippen LogP contribution in [0.3, 0.4) is 0 Å². The molecule has 18 heteroatoms. The van der Waals surface area contributed by atoms with Crippen molar-refractivity contribution in [3.05, 3.63) is 41.1 Å². The number of aryl methyl sites for hydroxylation is 1. The maximum atomic E-state index is 13.2. The summed E-state index contributed by atoms with van der Waals surface area (Å²) in [5.41, 5.74) is -2.17. The summed E-state index contributed by atoms with van der Waals surface area (Å²) in [6, 6.07) is 4.93. The van der Waals surface area contributed by atoms with Crippen LogP contribution < -0.4 is 64.4 Å². The Balaban J connectivity index is 0.00000380. The van der Waals surface area contributed by atoms with Crippen molar-refractivity contribution in [1.29, 1.82) is 0 Å². The minimum atomic E-state index is -2.14. The predicted molar refractivity (Wildman–Crippen MR) is 119 cm³/mol. The zero-order chi connectivity index (χ0) is 26.2. The number of fused-ring (bicyclic) bond motifs is 1. The number of nitrogens with zero attached hydrogens (tertiary/aromatic N) is 5. The van der Waals surface area contributed by atoms with Crippen molar-refractivity contribution in [2.45, 2.75) is 23.0 Å². The quantitative estimate of drug-likeness (QED) is 0.0730. The summed E-state index contributed by atoms with van der Waals surface area (Å²) in [4.78, 5) is 51.0. The fourth-order valence-corrected chi connectivity index (χ4v) is 4.72. The van der Waals surface area contributed by atoms with E-state index in [0.29, 0.717) is 5.16 Å². The average Bonchev–Trinajstić information content (AvgIpc) is 3.25. The number of nitrogens with one attached hydrogen (secondary N) is 1. The number of aromatic hydroxyl groups is 1. The number of hydrogen-bond acceptors (Lipinski definition) is 11. The second kappa shape index (κ2) is 12.9. The summed E-state index contributed by atoms with van der Waals surface area (Å²) in [6.45, 7) is -0.213. The van der Waals surface area contributed by atoms with Gasteiger partial charge in [0.2, 0.25) is 11.1 Å². The van der Waals surface area contributed by atoms with Crippen LogP contribution in [0, 0.1) is 0 Å². The first kappa shape index (κ1) is 32.2. The second-order valence-corrected chi connectivity index (χ2v) is 8.70. The number of aromatic nitrogens is 4. The molecule has 1 aromatic heterocycles. The standard InChI is InChI=1S/C20H20N6O9S.2Na.2H/c1-25-19(22-23-24-25)36-8-10-7-35-18-20(34-2,17(33)26(18)13(10)16(31)32)21-14(28)12(15(29)30)9-3-5-11(27)6-4-9;;;;/h3-6,12,18,27H,7-8H2,1-2H3,(H,21,28)(H,29,30)(H,31,32);;;;/q;2*+1;2*-1/t12?,18-,20+;;;;/m1..../s1. The van der Waals surface area contributed by atoms with Crippen molar-refractivity contribution < 1.29 is 106 Å². The number of carbonyl (C=O) groups is 4. The van der Waals surface area contributed by atoms with Gasteiger partial charge in [0.05, 0.1) is 6.61 Å². The topological polar surface area (TPSA) is 206 Å². The fourth-order valence-electron chi connectivity index (χ4n) is 3.88. The van der Waals surface area contributed by atoms with Gasteiger partial charge in [-0.1, -0.05) is 23.9 Å². The number of phenolic OH excluding ortho intramolecular Hbond substituents is 1. The molecule has 0 spiro atoms. The number of aliphatic carboxylic acids is 2. The van der Waals surface area contributed by atoms with E-state index in [1.54, 1.807) is 7.05 Å². The number of hydrogen-bond donors (Lipinski definition) is 4. The molecular formula is C20H22N6Na2O9S. The van der Waals surface area contributed by atoms with Crippen molar-refractivity contribution in [3.8, 4) is 5.75 Å². The minimum Gasteiger partial charge on any atom is -1.00 e. The number of phenols is 1. The Hall–Kier alpha value is -2.02. The van der Waals surface area contributed by atoms with E-state index in [-0.39, 0.29) is 96.9 Å². The summed E-state index contributed by atoms with van der Waals surface area (Å²) < 4.78 is 12.4. The van der Waals surface area contributed by atoms with Crippen LogP contribution in [-0.4, -0.2) is 95.6 Å². The van der Waals surface area contributed by atoms with Gasteiger partial charge in [-0.15, -0.1) is 5.10 Å². The number of thioether (sulfide) groups is 1. The van der Waals surface area contributed by atoms with Gasteiger partial charge >= 0.3 is 71.1 Å². The van der Waals surface area contributed by atoms with Crippen LogP contribution in [0.15, 0.2) is 40.7 Å². The van der Waals surface area contributed by atoms with Gasteiger partial charge in [-0.3, -0.25) is 19.3 Å². The number of rotatable bonds is 9. The monoisotopic (exact) mass is 568 g/mol. The van der Waals surface area contributed by atoms with E-state index in [9.17, 15) is 34.5 Å². The summed E-state index contributed by atoms with van der Waals surface area (Å²) in [7, 11) is 2.71. The number of ether oxygens (including phenoxy) is 2. The Kier molecular flexibility index (Phi) is 10.9. The van der Waals surface area contributed by atoms with Gasteiger partial charge in [0.1, 0.15) is 11.4 Å². The van der Waals surface area contributed by atoms with Gasteiger partial charge in [0.25, 0.3) is 11.6 Å². The number of carboxylic acids is 2. The smallest absolute Gasteiger partial charge is 1.00 e. The molecule has 4 N–H and O–H groups in total. The van der Waals surface area contributed by atoms with Crippen LogP contribution in [0.5, 0.6) is 5.75 Å². The molecule has 194 valence electrons. The SMILES string of the molecule is CO[C@@]1(NC(=O)C(C(=O)O)c2ccc(O)cc2)C(=O)N2C(C(=O)O)=C(CSc3nnnn3C)CO[C@@H]21.[H-].[H-].[Na+].[Na+]. The maximum absolute atomic E-state index is 13.2. The Morgan fingerprint density at radius 3 is 2.47 bits per heavy atom. The predicted octanol–water partition coefficient (Wildman–Crippen LogP) is -6.89. The van der Waals surface area contributed by atoms with E-state index < -0.39 is 41.6 Å².